The van der Waals surface area contributed by atoms with E-state index in [0.717, 1.165) is 21.7 Å². The van der Waals surface area contributed by atoms with Crippen molar-refractivity contribution in [2.45, 2.75) is 78.1 Å². The molecule has 26 heavy (non-hydrogen) atoms. The highest BCUT2D eigenvalue weighted by molar-refractivity contribution is 5.49. The Morgan fingerprint density at radius 2 is 0.962 bits per heavy atom. The van der Waals surface area contributed by atoms with Crippen LogP contribution in [-0.4, -0.2) is 0 Å². The van der Waals surface area contributed by atoms with E-state index in [-0.39, 0.29) is 0 Å². The van der Waals surface area contributed by atoms with Crippen molar-refractivity contribution in [3.8, 4) is 0 Å². The van der Waals surface area contributed by atoms with Gasteiger partial charge in [-0.3, -0.25) is 0 Å². The third-order valence-corrected chi connectivity index (χ3v) is 13.7. The molecule has 14 unspecified atom stereocenters. The van der Waals surface area contributed by atoms with Crippen molar-refractivity contribution in [3.63, 3.8) is 0 Å². The minimum Gasteiger partial charge on any atom is -0.0683 e. The molecule has 0 amide bonds. The standard InChI is InChI=1S/C24H30.C2H6/c1-2-4-12-6-22-8-14(22)16-10-24(16)20(18(12)22)19-17-11(3-1)5-21(17)7-13(21)15-9-23(15,19)24;1-2/h11-20H,1-10H2;1-2H3. The van der Waals surface area contributed by atoms with Crippen LogP contribution in [0.25, 0.3) is 0 Å². The maximum absolute atomic E-state index is 2.00. The molecule has 0 heteroatoms. The van der Waals surface area contributed by atoms with Crippen molar-refractivity contribution in [1.29, 1.82) is 0 Å². The van der Waals surface area contributed by atoms with E-state index in [1.807, 2.05) is 13.8 Å². The number of rotatable bonds is 0. The molecule has 10 aliphatic carbocycles. The summed E-state index contributed by atoms with van der Waals surface area (Å²) < 4.78 is 0. The van der Waals surface area contributed by atoms with Crippen LogP contribution < -0.4 is 0 Å². The van der Waals surface area contributed by atoms with Gasteiger partial charge in [0.2, 0.25) is 0 Å². The van der Waals surface area contributed by atoms with Crippen molar-refractivity contribution in [3.05, 3.63) is 0 Å². The summed E-state index contributed by atoms with van der Waals surface area (Å²) >= 11 is 0. The van der Waals surface area contributed by atoms with Gasteiger partial charge < -0.3 is 0 Å². The zero-order chi connectivity index (χ0) is 16.8. The Balaban J connectivity index is 0.000000562. The van der Waals surface area contributed by atoms with Gasteiger partial charge in [-0.25, -0.2) is 0 Å². The maximum Gasteiger partial charge on any atom is -0.0167 e. The Kier molecular flexibility index (Phi) is 1.90. The lowest BCUT2D eigenvalue weighted by Gasteiger charge is -2.74. The van der Waals surface area contributed by atoms with Crippen LogP contribution in [0.1, 0.15) is 78.1 Å². The average Bonchev–Trinajstić information content (AvgIpc) is 3.48. The van der Waals surface area contributed by atoms with Crippen LogP contribution in [0.5, 0.6) is 0 Å². The molecule has 10 aliphatic rings. The van der Waals surface area contributed by atoms with Gasteiger partial charge in [-0.1, -0.05) is 39.5 Å². The minimum absolute atomic E-state index is 0.970. The summed E-state index contributed by atoms with van der Waals surface area (Å²) in [5, 5.41) is 0. The van der Waals surface area contributed by atoms with Crippen molar-refractivity contribution in [2.24, 2.45) is 80.8 Å². The van der Waals surface area contributed by atoms with Crippen LogP contribution in [0.15, 0.2) is 0 Å². The molecule has 0 aromatic heterocycles. The molecular weight excluding hydrogens is 312 g/mol. The highest BCUT2D eigenvalue weighted by atomic mass is 15.1. The van der Waals surface area contributed by atoms with Crippen molar-refractivity contribution >= 4 is 0 Å². The Morgan fingerprint density at radius 3 is 1.42 bits per heavy atom. The third kappa shape index (κ3) is 0.977. The molecule has 10 fully saturated rings. The Morgan fingerprint density at radius 1 is 0.500 bits per heavy atom. The van der Waals surface area contributed by atoms with Gasteiger partial charge in [0.15, 0.2) is 0 Å². The van der Waals surface area contributed by atoms with Crippen LogP contribution in [-0.2, 0) is 0 Å². The average molecular weight is 349 g/mol. The smallest absolute Gasteiger partial charge is 0.0167 e. The van der Waals surface area contributed by atoms with E-state index in [1.54, 1.807) is 64.2 Å². The van der Waals surface area contributed by atoms with Crippen LogP contribution >= 0.6 is 0 Å². The summed E-state index contributed by atoms with van der Waals surface area (Å²) in [6.45, 7) is 4.00. The summed E-state index contributed by atoms with van der Waals surface area (Å²) in [5.41, 5.74) is 3.92. The van der Waals surface area contributed by atoms with Gasteiger partial charge in [-0.15, -0.1) is 0 Å². The lowest BCUT2D eigenvalue weighted by molar-refractivity contribution is -0.274. The molecule has 0 heterocycles. The van der Waals surface area contributed by atoms with Gasteiger partial charge in [0.25, 0.3) is 0 Å². The number of hydrogen-bond acceptors (Lipinski definition) is 0. The number of hydrogen-bond donors (Lipinski definition) is 0. The Bertz CT molecular complexity index is 704. The summed E-state index contributed by atoms with van der Waals surface area (Å²) in [4.78, 5) is 0. The van der Waals surface area contributed by atoms with Crippen LogP contribution in [0, 0.1) is 80.8 Å². The summed E-state index contributed by atoms with van der Waals surface area (Å²) in [6, 6.07) is 0. The third-order valence-electron chi connectivity index (χ3n) is 13.7. The molecule has 0 nitrogen and oxygen atoms in total. The molecule has 0 saturated heterocycles. The van der Waals surface area contributed by atoms with Crippen molar-refractivity contribution < 1.29 is 0 Å². The molecule has 10 rings (SSSR count). The van der Waals surface area contributed by atoms with E-state index in [9.17, 15) is 0 Å². The molecule has 0 radical (unpaired) electrons. The molecule has 0 N–H and O–H groups in total. The van der Waals surface area contributed by atoms with Crippen molar-refractivity contribution in [2.75, 3.05) is 0 Å². The molecule has 14 atom stereocenters. The van der Waals surface area contributed by atoms with Crippen LogP contribution in [0.2, 0.25) is 0 Å². The summed E-state index contributed by atoms with van der Waals surface area (Å²) in [5.74, 6) is 12.6. The fourth-order valence-corrected chi connectivity index (χ4v) is 13.5. The quantitative estimate of drug-likeness (QED) is 0.492. The van der Waals surface area contributed by atoms with Gasteiger partial charge in [0, 0.05) is 0 Å². The SMILES string of the molecule is C1CCC2CC34CC3C3CC35C(C24)C2C3C(C1)CC31CC1C1CC125.CC. The van der Waals surface area contributed by atoms with Gasteiger partial charge >= 0.3 is 0 Å². The molecule has 0 aromatic rings. The molecule has 0 aromatic carbocycles. The van der Waals surface area contributed by atoms with Crippen LogP contribution in [0.4, 0.5) is 0 Å². The van der Waals surface area contributed by atoms with Crippen molar-refractivity contribution in [1.82, 2.24) is 0 Å². The first-order chi connectivity index (χ1) is 12.8. The largest absolute Gasteiger partial charge is 0.0683 e. The Labute approximate surface area is 159 Å². The van der Waals surface area contributed by atoms with Gasteiger partial charge in [-0.05, 0) is 119 Å². The number of fused-ring (bicyclic) bond motifs is 2. The van der Waals surface area contributed by atoms with E-state index >= 15 is 0 Å². The van der Waals surface area contributed by atoms with Gasteiger partial charge in [-0.2, -0.15) is 0 Å². The Hall–Kier alpha value is 0. The summed E-state index contributed by atoms with van der Waals surface area (Å²) in [7, 11) is 0. The van der Waals surface area contributed by atoms with E-state index in [1.165, 1.54) is 59.2 Å². The molecule has 4 spiro atoms. The van der Waals surface area contributed by atoms with E-state index in [4.69, 9.17) is 0 Å². The highest BCUT2D eigenvalue weighted by Gasteiger charge is 3.01. The molecule has 0 bridgehead atoms. The maximum atomic E-state index is 2.00. The second-order valence-electron chi connectivity index (χ2n) is 13.1. The fraction of sp³-hybridized carbons (Fsp3) is 1.00. The second kappa shape index (κ2) is 3.52. The molecular formula is C26H36. The highest BCUT2D eigenvalue weighted by Crippen LogP contribution is 3.06. The monoisotopic (exact) mass is 348 g/mol. The predicted octanol–water partition coefficient (Wildman–Crippen LogP) is 6.16. The van der Waals surface area contributed by atoms with E-state index in [0.29, 0.717) is 0 Å². The minimum atomic E-state index is 0.970. The predicted molar refractivity (Wildman–Crippen MR) is 102 cm³/mol. The van der Waals surface area contributed by atoms with Gasteiger partial charge in [0.05, 0.1) is 0 Å². The first-order valence-corrected chi connectivity index (χ1v) is 12.8. The second-order valence-corrected chi connectivity index (χ2v) is 13.1. The zero-order valence-electron chi connectivity index (χ0n) is 16.8. The molecule has 0 aliphatic heterocycles. The first-order valence-electron chi connectivity index (χ1n) is 12.8. The van der Waals surface area contributed by atoms with E-state index < -0.39 is 0 Å². The lowest BCUT2D eigenvalue weighted by atomic mass is 9.30. The molecule has 140 valence electrons. The topological polar surface area (TPSA) is 0 Å². The van der Waals surface area contributed by atoms with Crippen LogP contribution in [0.3, 0.4) is 0 Å². The normalized spacial score (nSPS) is 80.5. The van der Waals surface area contributed by atoms with Gasteiger partial charge in [0.1, 0.15) is 0 Å². The fourth-order valence-electron chi connectivity index (χ4n) is 13.5. The molecule has 10 saturated carbocycles. The summed E-state index contributed by atoms with van der Waals surface area (Å²) in [6.07, 6.45) is 16.8. The lowest BCUT2D eigenvalue weighted by Crippen LogP contribution is -2.70. The first kappa shape index (κ1) is 14.1. The van der Waals surface area contributed by atoms with E-state index in [2.05, 4.69) is 0 Å². The zero-order valence-corrected chi connectivity index (χ0v) is 16.8.